The van der Waals surface area contributed by atoms with Gasteiger partial charge in [-0.1, -0.05) is 30.3 Å². The second-order valence-electron chi connectivity index (χ2n) is 8.13. The average molecular weight is 434 g/mol. The number of fused-ring (bicyclic) bond motifs is 1. The fourth-order valence-electron chi connectivity index (χ4n) is 4.53. The van der Waals surface area contributed by atoms with Crippen LogP contribution in [-0.2, 0) is 4.79 Å². The van der Waals surface area contributed by atoms with Crippen molar-refractivity contribution in [2.45, 2.75) is 31.8 Å². The highest BCUT2D eigenvalue weighted by Crippen LogP contribution is 2.33. The highest BCUT2D eigenvalue weighted by atomic mass is 32.2. The van der Waals surface area contributed by atoms with Gasteiger partial charge in [0.15, 0.2) is 0 Å². The van der Waals surface area contributed by atoms with Crippen molar-refractivity contribution >= 4 is 34.4 Å². The summed E-state index contributed by atoms with van der Waals surface area (Å²) in [7, 11) is 0. The Balaban J connectivity index is 1.41. The standard InChI is InChI=1S/C24H27N5OS/c1-16-14-27-23-21(16)19(9-11-26-23)29-12-13-31-20(15-29)24(30)28-22(18-8-5-10-25-18)17-6-3-2-4-7-17/h2-4,6-7,9,11,14-15,18,22,25H,5,8,10,12-13H2,1H3,(H,26,27)(H,28,30)/t18-,22?/m0/s1. The van der Waals surface area contributed by atoms with Crippen molar-refractivity contribution in [3.8, 4) is 0 Å². The molecule has 3 N–H and O–H groups in total. The molecule has 1 unspecified atom stereocenters. The number of benzene rings is 1. The lowest BCUT2D eigenvalue weighted by Crippen LogP contribution is -2.41. The van der Waals surface area contributed by atoms with E-state index in [1.54, 1.807) is 11.8 Å². The number of nitrogens with zero attached hydrogens (tertiary/aromatic N) is 2. The molecule has 2 aliphatic rings. The Labute approximate surface area is 186 Å². The molecule has 0 radical (unpaired) electrons. The lowest BCUT2D eigenvalue weighted by molar-refractivity contribution is -0.117. The van der Waals surface area contributed by atoms with Crippen LogP contribution < -0.4 is 15.5 Å². The smallest absolute Gasteiger partial charge is 0.259 e. The third kappa shape index (κ3) is 4.07. The average Bonchev–Trinajstić information content (AvgIpc) is 3.48. The van der Waals surface area contributed by atoms with E-state index in [4.69, 9.17) is 0 Å². The van der Waals surface area contributed by atoms with Gasteiger partial charge in [0.05, 0.1) is 16.6 Å². The number of thioether (sulfide) groups is 1. The zero-order valence-corrected chi connectivity index (χ0v) is 18.4. The van der Waals surface area contributed by atoms with Crippen LogP contribution in [-0.4, -0.2) is 40.8 Å². The van der Waals surface area contributed by atoms with Crippen LogP contribution in [0.3, 0.4) is 0 Å². The molecule has 31 heavy (non-hydrogen) atoms. The van der Waals surface area contributed by atoms with Gasteiger partial charge in [0.1, 0.15) is 5.65 Å². The van der Waals surface area contributed by atoms with Crippen molar-refractivity contribution < 1.29 is 4.79 Å². The minimum absolute atomic E-state index is 0.00616. The van der Waals surface area contributed by atoms with Crippen molar-refractivity contribution in [2.75, 3.05) is 23.7 Å². The van der Waals surface area contributed by atoms with E-state index in [0.29, 0.717) is 0 Å². The Morgan fingerprint density at radius 3 is 2.97 bits per heavy atom. The van der Waals surface area contributed by atoms with Gasteiger partial charge < -0.3 is 20.5 Å². The van der Waals surface area contributed by atoms with Crippen molar-refractivity contribution in [3.63, 3.8) is 0 Å². The van der Waals surface area contributed by atoms with E-state index in [-0.39, 0.29) is 18.0 Å². The van der Waals surface area contributed by atoms with Crippen molar-refractivity contribution in [1.82, 2.24) is 20.6 Å². The van der Waals surface area contributed by atoms with E-state index in [0.717, 1.165) is 64.4 Å². The van der Waals surface area contributed by atoms with Crippen LogP contribution in [0.15, 0.2) is 59.9 Å². The molecule has 3 aromatic rings. The van der Waals surface area contributed by atoms with Gasteiger partial charge in [-0.3, -0.25) is 4.79 Å². The lowest BCUT2D eigenvalue weighted by atomic mass is 9.98. The summed E-state index contributed by atoms with van der Waals surface area (Å²) in [6.07, 6.45) is 8.01. The molecule has 5 rings (SSSR count). The number of amides is 1. The monoisotopic (exact) mass is 433 g/mol. The van der Waals surface area contributed by atoms with Gasteiger partial charge in [0.25, 0.3) is 5.91 Å². The number of aromatic amines is 1. The third-order valence-electron chi connectivity index (χ3n) is 6.09. The number of anilines is 1. The molecular weight excluding hydrogens is 406 g/mol. The van der Waals surface area contributed by atoms with E-state index in [2.05, 4.69) is 44.6 Å². The Hall–Kier alpha value is -2.77. The number of carbonyl (C=O) groups excluding carboxylic acids is 1. The second kappa shape index (κ2) is 8.77. The summed E-state index contributed by atoms with van der Waals surface area (Å²) in [5.41, 5.74) is 4.27. The summed E-state index contributed by atoms with van der Waals surface area (Å²) in [4.78, 5) is 23.9. The number of aryl methyl sites for hydroxylation is 1. The summed E-state index contributed by atoms with van der Waals surface area (Å²) in [5.74, 6) is 0.859. The zero-order chi connectivity index (χ0) is 21.2. The second-order valence-corrected chi connectivity index (χ2v) is 9.26. The topological polar surface area (TPSA) is 73.0 Å². The van der Waals surface area contributed by atoms with Gasteiger partial charge in [-0.15, -0.1) is 11.8 Å². The number of pyridine rings is 1. The molecule has 0 bridgehead atoms. The van der Waals surface area contributed by atoms with Gasteiger partial charge in [-0.2, -0.15) is 0 Å². The molecule has 4 heterocycles. The largest absolute Gasteiger partial charge is 0.346 e. The van der Waals surface area contributed by atoms with Gasteiger partial charge >= 0.3 is 0 Å². The van der Waals surface area contributed by atoms with E-state index in [9.17, 15) is 4.79 Å². The first-order valence-electron chi connectivity index (χ1n) is 10.8. The maximum atomic E-state index is 13.3. The molecular formula is C24H27N5OS. The molecule has 1 fully saturated rings. The highest BCUT2D eigenvalue weighted by molar-refractivity contribution is 8.04. The molecule has 7 heteroatoms. The molecule has 160 valence electrons. The first-order chi connectivity index (χ1) is 15.2. The predicted molar refractivity (Wildman–Crippen MR) is 127 cm³/mol. The summed E-state index contributed by atoms with van der Waals surface area (Å²) in [6.45, 7) is 3.94. The highest BCUT2D eigenvalue weighted by Gasteiger charge is 2.29. The number of rotatable bonds is 5. The van der Waals surface area contributed by atoms with Crippen LogP contribution in [0.5, 0.6) is 0 Å². The summed E-state index contributed by atoms with van der Waals surface area (Å²) in [5, 5.41) is 8.00. The van der Waals surface area contributed by atoms with Crippen molar-refractivity contribution in [1.29, 1.82) is 0 Å². The number of H-pyrrole nitrogens is 1. The van der Waals surface area contributed by atoms with Crippen molar-refractivity contribution in [3.05, 3.63) is 71.0 Å². The van der Waals surface area contributed by atoms with Gasteiger partial charge in [0, 0.05) is 42.3 Å². The summed E-state index contributed by atoms with van der Waals surface area (Å²) in [6, 6.07) is 12.5. The van der Waals surface area contributed by atoms with Crippen LogP contribution in [0, 0.1) is 6.92 Å². The molecule has 2 atom stereocenters. The molecule has 0 spiro atoms. The van der Waals surface area contributed by atoms with Crippen LogP contribution in [0.1, 0.15) is 30.0 Å². The Morgan fingerprint density at radius 1 is 1.29 bits per heavy atom. The Kier molecular flexibility index (Phi) is 5.70. The number of nitrogens with one attached hydrogen (secondary N) is 3. The normalized spacial score (nSPS) is 20.0. The maximum Gasteiger partial charge on any atom is 0.259 e. The molecule has 0 saturated carbocycles. The van der Waals surface area contributed by atoms with Gasteiger partial charge in [-0.25, -0.2) is 4.98 Å². The van der Waals surface area contributed by atoms with Crippen LogP contribution >= 0.6 is 11.8 Å². The van der Waals surface area contributed by atoms with Gasteiger partial charge in [-0.05, 0) is 43.5 Å². The summed E-state index contributed by atoms with van der Waals surface area (Å²) >= 11 is 1.62. The minimum Gasteiger partial charge on any atom is -0.346 e. The molecule has 2 aromatic heterocycles. The van der Waals surface area contributed by atoms with E-state index in [1.165, 1.54) is 0 Å². The van der Waals surface area contributed by atoms with Crippen LogP contribution in [0.25, 0.3) is 11.0 Å². The fraction of sp³-hybridized carbons (Fsp3) is 0.333. The zero-order valence-electron chi connectivity index (χ0n) is 17.6. The van der Waals surface area contributed by atoms with E-state index < -0.39 is 0 Å². The summed E-state index contributed by atoms with van der Waals surface area (Å²) < 4.78 is 0. The minimum atomic E-state index is -0.0346. The number of hydrogen-bond acceptors (Lipinski definition) is 5. The van der Waals surface area contributed by atoms with E-state index >= 15 is 0 Å². The van der Waals surface area contributed by atoms with Crippen LogP contribution in [0.2, 0.25) is 0 Å². The SMILES string of the molecule is Cc1c[nH]c2nccc(N3C=C(C(=O)NC(c4ccccc4)[C@@H]4CCCN4)SCC3)c12. The third-order valence-corrected chi connectivity index (χ3v) is 7.08. The lowest BCUT2D eigenvalue weighted by Gasteiger charge is -2.29. The van der Waals surface area contributed by atoms with Crippen molar-refractivity contribution in [2.24, 2.45) is 0 Å². The maximum absolute atomic E-state index is 13.3. The number of carbonyl (C=O) groups is 1. The molecule has 0 aliphatic carbocycles. The molecule has 1 aromatic carbocycles. The Bertz CT molecular complexity index is 1100. The molecule has 2 aliphatic heterocycles. The number of hydrogen-bond donors (Lipinski definition) is 3. The molecule has 6 nitrogen and oxygen atoms in total. The van der Waals surface area contributed by atoms with Gasteiger partial charge in [0.2, 0.25) is 0 Å². The molecule has 1 amide bonds. The Morgan fingerprint density at radius 2 is 2.16 bits per heavy atom. The number of aromatic nitrogens is 2. The first-order valence-corrected chi connectivity index (χ1v) is 11.8. The van der Waals surface area contributed by atoms with Crippen LogP contribution in [0.4, 0.5) is 5.69 Å². The molecule has 1 saturated heterocycles. The predicted octanol–water partition coefficient (Wildman–Crippen LogP) is 3.88. The van der Waals surface area contributed by atoms with E-state index in [1.807, 2.05) is 42.9 Å². The quantitative estimate of drug-likeness (QED) is 0.570. The fourth-order valence-corrected chi connectivity index (χ4v) is 5.43. The first kappa shape index (κ1) is 20.2.